The molecular weight excluding hydrogens is 497 g/mol. The van der Waals surface area contributed by atoms with E-state index in [1.165, 1.54) is 22.8 Å². The molecule has 2 aliphatic rings. The highest BCUT2D eigenvalue weighted by atomic mass is 29.2. The minimum Gasteiger partial charge on any atom is -0.362 e. The summed E-state index contributed by atoms with van der Waals surface area (Å²) in [6.07, 6.45) is 4.82. The summed E-state index contributed by atoms with van der Waals surface area (Å²) in [6, 6.07) is 21.7. The third-order valence-corrected chi connectivity index (χ3v) is 16.4. The maximum absolute atomic E-state index is 2.81. The molecular formula is C32H48N4Si2. The Morgan fingerprint density at radius 1 is 0.421 bits per heavy atom. The van der Waals surface area contributed by atoms with E-state index in [0.29, 0.717) is 0 Å². The summed E-state index contributed by atoms with van der Waals surface area (Å²) in [6.45, 7) is 28.7. The molecule has 4 rings (SSSR count). The average molecular weight is 545 g/mol. The van der Waals surface area contributed by atoms with Gasteiger partial charge in [0.2, 0.25) is 0 Å². The van der Waals surface area contributed by atoms with Crippen molar-refractivity contribution in [2.45, 2.75) is 105 Å². The molecule has 0 unspecified atom stereocenters. The van der Waals surface area contributed by atoms with Crippen molar-refractivity contribution < 1.29 is 0 Å². The first-order valence-corrected chi connectivity index (χ1v) is 17.7. The van der Waals surface area contributed by atoms with Gasteiger partial charge in [-0.05, 0) is 106 Å². The Morgan fingerprint density at radius 2 is 0.658 bits per heavy atom. The topological polar surface area (TPSA) is 13.0 Å². The third kappa shape index (κ3) is 5.35. The fourth-order valence-corrected chi connectivity index (χ4v) is 18.2. The van der Waals surface area contributed by atoms with E-state index >= 15 is 0 Å². The normalized spacial score (nSPS) is 18.0. The summed E-state index contributed by atoms with van der Waals surface area (Å²) in [5, 5.41) is 0. The molecule has 2 heterocycles. The molecule has 2 aliphatic heterocycles. The van der Waals surface area contributed by atoms with Gasteiger partial charge in [0.1, 0.15) is 0 Å². The Morgan fingerprint density at radius 3 is 0.868 bits per heavy atom. The maximum atomic E-state index is 2.81. The van der Waals surface area contributed by atoms with Crippen molar-refractivity contribution in [2.24, 2.45) is 0 Å². The second-order valence-corrected chi connectivity index (χ2v) is 20.3. The van der Waals surface area contributed by atoms with E-state index in [2.05, 4.69) is 174 Å². The zero-order valence-electron chi connectivity index (χ0n) is 25.7. The van der Waals surface area contributed by atoms with Gasteiger partial charge in [-0.1, -0.05) is 60.7 Å². The molecule has 204 valence electrons. The predicted molar refractivity (Wildman–Crippen MR) is 167 cm³/mol. The highest BCUT2D eigenvalue weighted by Gasteiger charge is 2.67. The van der Waals surface area contributed by atoms with Crippen LogP contribution in [0.5, 0.6) is 0 Å². The number of hydrogen-bond acceptors (Lipinski definition) is 4. The van der Waals surface area contributed by atoms with Crippen LogP contribution in [0.2, 0.25) is 0 Å². The van der Waals surface area contributed by atoms with E-state index in [0.717, 1.165) is 0 Å². The summed E-state index contributed by atoms with van der Waals surface area (Å²) in [4.78, 5) is 0. The van der Waals surface area contributed by atoms with Crippen molar-refractivity contribution in [3.8, 4) is 0 Å². The summed E-state index contributed by atoms with van der Waals surface area (Å²) >= 11 is 0. The minimum atomic E-state index is -1.12. The van der Waals surface area contributed by atoms with Crippen molar-refractivity contribution in [1.82, 2.24) is 18.3 Å². The van der Waals surface area contributed by atoms with Crippen LogP contribution in [0.1, 0.15) is 94.2 Å². The van der Waals surface area contributed by atoms with Crippen LogP contribution in [0.25, 0.3) is 12.2 Å². The van der Waals surface area contributed by atoms with Crippen LogP contribution in [-0.2, 0) is 0 Å². The smallest absolute Gasteiger partial charge is 0.335 e. The number of benzene rings is 2. The van der Waals surface area contributed by atoms with Crippen molar-refractivity contribution in [2.75, 3.05) is 0 Å². The molecule has 0 bridgehead atoms. The molecule has 2 fully saturated rings. The van der Waals surface area contributed by atoms with Gasteiger partial charge in [0, 0.05) is 22.2 Å². The zero-order valence-corrected chi connectivity index (χ0v) is 27.7. The van der Waals surface area contributed by atoms with E-state index in [4.69, 9.17) is 0 Å². The van der Waals surface area contributed by atoms with Crippen LogP contribution in [0.15, 0.2) is 72.3 Å². The molecule has 6 heteroatoms. The number of nitrogens with zero attached hydrogens (tertiary/aromatic N) is 4. The van der Waals surface area contributed by atoms with Gasteiger partial charge in [0.05, 0.1) is 11.6 Å². The van der Waals surface area contributed by atoms with Gasteiger partial charge in [-0.15, -0.1) is 0 Å². The third-order valence-electron chi connectivity index (χ3n) is 6.84. The first kappa shape index (κ1) is 28.6. The van der Waals surface area contributed by atoms with Gasteiger partial charge in [-0.2, -0.15) is 0 Å². The number of rotatable bonds is 3. The van der Waals surface area contributed by atoms with Crippen molar-refractivity contribution in [3.63, 3.8) is 0 Å². The van der Waals surface area contributed by atoms with Gasteiger partial charge in [0.25, 0.3) is 0 Å². The highest BCUT2D eigenvalue weighted by molar-refractivity contribution is 7.20. The quantitative estimate of drug-likeness (QED) is 0.372. The van der Waals surface area contributed by atoms with Crippen LogP contribution in [0.4, 0.5) is 0 Å². The van der Waals surface area contributed by atoms with Gasteiger partial charge in [-0.25, -0.2) is 0 Å². The van der Waals surface area contributed by atoms with Gasteiger partial charge >= 0.3 is 17.3 Å². The lowest BCUT2D eigenvalue weighted by Gasteiger charge is -2.72. The molecule has 2 aromatic rings. The molecule has 2 aromatic carbocycles. The molecule has 0 aliphatic carbocycles. The lowest BCUT2D eigenvalue weighted by atomic mass is 10.1. The predicted octanol–water partition coefficient (Wildman–Crippen LogP) is 7.47. The highest BCUT2D eigenvalue weighted by Crippen LogP contribution is 2.49. The van der Waals surface area contributed by atoms with Crippen LogP contribution in [0, 0.1) is 0 Å². The Bertz CT molecular complexity index is 1030. The Hall–Kier alpha value is -2.45. The van der Waals surface area contributed by atoms with Crippen molar-refractivity contribution >= 4 is 29.4 Å². The van der Waals surface area contributed by atoms with Crippen LogP contribution < -0.4 is 0 Å². The van der Waals surface area contributed by atoms with Gasteiger partial charge in [-0.3, -0.25) is 0 Å². The van der Waals surface area contributed by atoms with E-state index in [9.17, 15) is 0 Å². The van der Waals surface area contributed by atoms with E-state index < -0.39 is 17.3 Å². The lowest BCUT2D eigenvalue weighted by Crippen LogP contribution is -2.90. The molecule has 2 saturated heterocycles. The Kier molecular flexibility index (Phi) is 7.24. The first-order valence-electron chi connectivity index (χ1n) is 13.9. The number of hydrogen-bond donors (Lipinski definition) is 0. The first-order chi connectivity index (χ1) is 17.4. The zero-order chi connectivity index (χ0) is 28.3. The molecule has 0 N–H and O–H groups in total. The van der Waals surface area contributed by atoms with Crippen molar-refractivity contribution in [3.05, 3.63) is 83.4 Å². The Balaban J connectivity index is 1.89. The fraction of sp³-hybridized carbons (Fsp3) is 0.500. The summed E-state index contributed by atoms with van der Waals surface area (Å²) in [5.41, 5.74) is 2.65. The molecule has 38 heavy (non-hydrogen) atoms. The van der Waals surface area contributed by atoms with E-state index in [1.807, 2.05) is 0 Å². The van der Waals surface area contributed by atoms with Crippen molar-refractivity contribution in [1.29, 1.82) is 0 Å². The molecule has 0 spiro atoms. The van der Waals surface area contributed by atoms with Gasteiger partial charge < -0.3 is 18.3 Å². The minimum absolute atomic E-state index is 0.0281. The Labute approximate surface area is 235 Å². The average Bonchev–Trinajstić information content (AvgIpc) is 2.71. The molecule has 2 radical (unpaired) electrons. The summed E-state index contributed by atoms with van der Waals surface area (Å²) < 4.78 is 11.2. The lowest BCUT2D eigenvalue weighted by molar-refractivity contribution is 0.0902. The molecule has 0 aromatic heterocycles. The summed E-state index contributed by atoms with van der Waals surface area (Å²) in [7, 11) is -2.25. The summed E-state index contributed by atoms with van der Waals surface area (Å²) in [5.74, 6) is 2.73. The van der Waals surface area contributed by atoms with Crippen LogP contribution >= 0.6 is 0 Å². The molecule has 0 atom stereocenters. The largest absolute Gasteiger partial charge is 0.362 e. The standard InChI is InChI=1S/C32H48N4Si2/c1-29(2,3)33-27(23-25-19-15-13-16-20-25)34(30(4,5)6)37(33)38-35(31(7,8)9)28(36(38)32(10,11)12)24-26-21-17-14-18-22-26/h13-24H,1-12H3. The molecule has 0 amide bonds. The van der Waals surface area contributed by atoms with Crippen LogP contribution in [-0.4, -0.2) is 57.7 Å². The second-order valence-electron chi connectivity index (χ2n) is 14.5. The fourth-order valence-electron chi connectivity index (χ4n) is 5.44. The molecule has 4 nitrogen and oxygen atoms in total. The molecule has 0 saturated carbocycles. The maximum Gasteiger partial charge on any atom is 0.335 e. The van der Waals surface area contributed by atoms with E-state index in [1.54, 1.807) is 0 Å². The van der Waals surface area contributed by atoms with Gasteiger partial charge in [0.15, 0.2) is 0 Å². The SMILES string of the molecule is CC(C)(C)N1C(=Cc2ccccc2)N(C(C)(C)C)[Si]1[Si]1N(C(C)(C)C)C(=Cc2ccccc2)N1C(C)(C)C. The monoisotopic (exact) mass is 544 g/mol. The second kappa shape index (κ2) is 9.63. The van der Waals surface area contributed by atoms with Crippen LogP contribution in [0.3, 0.4) is 0 Å². The van der Waals surface area contributed by atoms with E-state index in [-0.39, 0.29) is 22.2 Å².